The lowest BCUT2D eigenvalue weighted by Gasteiger charge is -2.14. The SMILES string of the molecule is CC1CC1C(C)C1CC(=O)NC1=O. The number of nitrogens with one attached hydrogen (secondary N) is 1. The van der Waals surface area contributed by atoms with E-state index in [0.717, 1.165) is 5.92 Å². The van der Waals surface area contributed by atoms with Gasteiger partial charge in [0.1, 0.15) is 0 Å². The van der Waals surface area contributed by atoms with E-state index >= 15 is 0 Å². The van der Waals surface area contributed by atoms with E-state index in [0.29, 0.717) is 18.3 Å². The Morgan fingerprint density at radius 2 is 2.08 bits per heavy atom. The van der Waals surface area contributed by atoms with Gasteiger partial charge in [0.2, 0.25) is 11.8 Å². The number of rotatable bonds is 2. The molecule has 1 saturated carbocycles. The highest BCUT2D eigenvalue weighted by Crippen LogP contribution is 2.47. The summed E-state index contributed by atoms with van der Waals surface area (Å²) in [6, 6.07) is 0. The Hall–Kier alpha value is -0.860. The predicted molar refractivity (Wildman–Crippen MR) is 47.7 cm³/mol. The number of amides is 2. The zero-order chi connectivity index (χ0) is 9.59. The van der Waals surface area contributed by atoms with E-state index in [2.05, 4.69) is 19.2 Å². The van der Waals surface area contributed by atoms with Crippen molar-refractivity contribution in [2.75, 3.05) is 0 Å². The molecule has 1 aliphatic heterocycles. The van der Waals surface area contributed by atoms with Gasteiger partial charge in [-0.05, 0) is 24.2 Å². The van der Waals surface area contributed by atoms with E-state index in [1.807, 2.05) is 0 Å². The Bertz CT molecular complexity index is 262. The van der Waals surface area contributed by atoms with E-state index in [-0.39, 0.29) is 17.7 Å². The Morgan fingerprint density at radius 1 is 1.46 bits per heavy atom. The van der Waals surface area contributed by atoms with Gasteiger partial charge in [0.25, 0.3) is 0 Å². The molecule has 1 heterocycles. The summed E-state index contributed by atoms with van der Waals surface area (Å²) in [5, 5.41) is 2.37. The first kappa shape index (κ1) is 8.73. The van der Waals surface area contributed by atoms with E-state index in [4.69, 9.17) is 0 Å². The van der Waals surface area contributed by atoms with Crippen molar-refractivity contribution in [3.05, 3.63) is 0 Å². The molecule has 3 nitrogen and oxygen atoms in total. The zero-order valence-electron chi connectivity index (χ0n) is 8.04. The lowest BCUT2D eigenvalue weighted by atomic mass is 9.88. The molecule has 2 fully saturated rings. The molecule has 2 rings (SSSR count). The van der Waals surface area contributed by atoms with Gasteiger partial charge in [0, 0.05) is 12.3 Å². The summed E-state index contributed by atoms with van der Waals surface area (Å²) in [4.78, 5) is 22.3. The molecule has 4 atom stereocenters. The van der Waals surface area contributed by atoms with Crippen LogP contribution in [0, 0.1) is 23.7 Å². The van der Waals surface area contributed by atoms with Crippen LogP contribution in [-0.4, -0.2) is 11.8 Å². The lowest BCUT2D eigenvalue weighted by molar-refractivity contribution is -0.126. The number of imide groups is 1. The molecule has 0 bridgehead atoms. The molecule has 1 aliphatic carbocycles. The average Bonchev–Trinajstić information content (AvgIpc) is 2.67. The quantitative estimate of drug-likeness (QED) is 0.644. The first-order chi connectivity index (χ1) is 6.09. The average molecular weight is 181 g/mol. The molecule has 4 unspecified atom stereocenters. The van der Waals surface area contributed by atoms with Gasteiger partial charge in [-0.15, -0.1) is 0 Å². The van der Waals surface area contributed by atoms with Gasteiger partial charge in [0.15, 0.2) is 0 Å². The van der Waals surface area contributed by atoms with Crippen LogP contribution in [0.25, 0.3) is 0 Å². The number of hydrogen-bond donors (Lipinski definition) is 1. The van der Waals surface area contributed by atoms with Crippen LogP contribution in [0.4, 0.5) is 0 Å². The Balaban J connectivity index is 2.00. The standard InChI is InChI=1S/C10H15NO2/c1-5-3-7(5)6(2)8-4-9(12)11-10(8)13/h5-8H,3-4H2,1-2H3,(H,11,12,13). The third-order valence-corrected chi connectivity index (χ3v) is 3.49. The molecule has 1 saturated heterocycles. The minimum atomic E-state index is -0.102. The third-order valence-electron chi connectivity index (χ3n) is 3.49. The van der Waals surface area contributed by atoms with Gasteiger partial charge in [0.05, 0.1) is 0 Å². The minimum absolute atomic E-state index is 0.0533. The first-order valence-electron chi connectivity index (χ1n) is 4.93. The summed E-state index contributed by atoms with van der Waals surface area (Å²) in [7, 11) is 0. The molecule has 2 amide bonds. The summed E-state index contributed by atoms with van der Waals surface area (Å²) < 4.78 is 0. The van der Waals surface area contributed by atoms with Gasteiger partial charge < -0.3 is 0 Å². The van der Waals surface area contributed by atoms with Crippen molar-refractivity contribution in [3.8, 4) is 0 Å². The molecule has 0 spiro atoms. The Morgan fingerprint density at radius 3 is 2.46 bits per heavy atom. The smallest absolute Gasteiger partial charge is 0.230 e. The summed E-state index contributed by atoms with van der Waals surface area (Å²) in [5.41, 5.74) is 0. The number of carbonyl (C=O) groups excluding carboxylic acids is 2. The van der Waals surface area contributed by atoms with E-state index in [1.165, 1.54) is 6.42 Å². The fourth-order valence-corrected chi connectivity index (χ4v) is 2.38. The van der Waals surface area contributed by atoms with Crippen LogP contribution < -0.4 is 5.32 Å². The monoisotopic (exact) mass is 181 g/mol. The molecule has 0 aromatic heterocycles. The van der Waals surface area contributed by atoms with Crippen LogP contribution in [0.5, 0.6) is 0 Å². The molecule has 72 valence electrons. The fourth-order valence-electron chi connectivity index (χ4n) is 2.38. The van der Waals surface area contributed by atoms with Crippen molar-refractivity contribution >= 4 is 11.8 Å². The maximum absolute atomic E-state index is 11.3. The van der Waals surface area contributed by atoms with Crippen molar-refractivity contribution < 1.29 is 9.59 Å². The van der Waals surface area contributed by atoms with Gasteiger partial charge in [-0.2, -0.15) is 0 Å². The van der Waals surface area contributed by atoms with Crippen LogP contribution in [0.2, 0.25) is 0 Å². The summed E-state index contributed by atoms with van der Waals surface area (Å²) in [5.74, 6) is 1.58. The first-order valence-corrected chi connectivity index (χ1v) is 4.93. The largest absolute Gasteiger partial charge is 0.296 e. The molecular formula is C10H15NO2. The summed E-state index contributed by atoms with van der Waals surface area (Å²) in [6.45, 7) is 4.30. The van der Waals surface area contributed by atoms with Crippen LogP contribution in [0.3, 0.4) is 0 Å². The third kappa shape index (κ3) is 1.47. The normalized spacial score (nSPS) is 40.3. The highest BCUT2D eigenvalue weighted by Gasteiger charge is 2.45. The van der Waals surface area contributed by atoms with E-state index in [1.54, 1.807) is 0 Å². The molecule has 0 aromatic rings. The van der Waals surface area contributed by atoms with Crippen molar-refractivity contribution in [1.82, 2.24) is 5.32 Å². The maximum Gasteiger partial charge on any atom is 0.230 e. The van der Waals surface area contributed by atoms with Crippen molar-refractivity contribution in [2.45, 2.75) is 26.7 Å². The fraction of sp³-hybridized carbons (Fsp3) is 0.800. The van der Waals surface area contributed by atoms with Crippen molar-refractivity contribution in [1.29, 1.82) is 0 Å². The predicted octanol–water partition coefficient (Wildman–Crippen LogP) is 0.941. The molecule has 2 aliphatic rings. The van der Waals surface area contributed by atoms with Gasteiger partial charge >= 0.3 is 0 Å². The number of carbonyl (C=O) groups is 2. The van der Waals surface area contributed by atoms with Gasteiger partial charge in [-0.3, -0.25) is 14.9 Å². The van der Waals surface area contributed by atoms with Crippen LogP contribution in [0.1, 0.15) is 26.7 Å². The molecular weight excluding hydrogens is 166 g/mol. The highest BCUT2D eigenvalue weighted by molar-refractivity contribution is 6.03. The Labute approximate surface area is 77.9 Å². The number of hydrogen-bond acceptors (Lipinski definition) is 2. The second-order valence-corrected chi connectivity index (χ2v) is 4.46. The molecule has 1 N–H and O–H groups in total. The maximum atomic E-state index is 11.3. The highest BCUT2D eigenvalue weighted by atomic mass is 16.2. The lowest BCUT2D eigenvalue weighted by Crippen LogP contribution is -2.26. The molecule has 13 heavy (non-hydrogen) atoms. The van der Waals surface area contributed by atoms with Crippen LogP contribution >= 0.6 is 0 Å². The van der Waals surface area contributed by atoms with Gasteiger partial charge in [-0.1, -0.05) is 13.8 Å². The summed E-state index contributed by atoms with van der Waals surface area (Å²) >= 11 is 0. The molecule has 0 aromatic carbocycles. The van der Waals surface area contributed by atoms with Crippen LogP contribution in [-0.2, 0) is 9.59 Å². The molecule has 3 heteroatoms. The van der Waals surface area contributed by atoms with E-state index in [9.17, 15) is 9.59 Å². The molecule has 0 radical (unpaired) electrons. The van der Waals surface area contributed by atoms with Crippen LogP contribution in [0.15, 0.2) is 0 Å². The second kappa shape index (κ2) is 2.82. The van der Waals surface area contributed by atoms with Crippen molar-refractivity contribution in [2.24, 2.45) is 23.7 Å². The van der Waals surface area contributed by atoms with Gasteiger partial charge in [-0.25, -0.2) is 0 Å². The summed E-state index contributed by atoms with van der Waals surface area (Å²) in [6.07, 6.45) is 1.63. The topological polar surface area (TPSA) is 46.2 Å². The minimum Gasteiger partial charge on any atom is -0.296 e. The van der Waals surface area contributed by atoms with Crippen molar-refractivity contribution in [3.63, 3.8) is 0 Å². The Kier molecular flexibility index (Phi) is 1.90. The van der Waals surface area contributed by atoms with E-state index < -0.39 is 0 Å². The zero-order valence-corrected chi connectivity index (χ0v) is 8.04. The second-order valence-electron chi connectivity index (χ2n) is 4.46.